The summed E-state index contributed by atoms with van der Waals surface area (Å²) in [5, 5.41) is 8.64. The van der Waals surface area contributed by atoms with E-state index in [4.69, 9.17) is 5.11 Å². The van der Waals surface area contributed by atoms with E-state index in [0.29, 0.717) is 0 Å². The van der Waals surface area contributed by atoms with Crippen molar-refractivity contribution in [2.45, 2.75) is 19.9 Å². The third-order valence-electron chi connectivity index (χ3n) is 1.87. The Bertz CT molecular complexity index is 247. The SMILES string of the molecule is Cc1cnc(CN(C)CCCO)[nH]1. The summed E-state index contributed by atoms with van der Waals surface area (Å²) in [5.74, 6) is 0.984. The van der Waals surface area contributed by atoms with Crippen molar-refractivity contribution in [2.24, 2.45) is 0 Å². The summed E-state index contributed by atoms with van der Waals surface area (Å²) < 4.78 is 0. The number of H-pyrrole nitrogens is 1. The Morgan fingerprint density at radius 2 is 2.38 bits per heavy atom. The Morgan fingerprint density at radius 1 is 1.62 bits per heavy atom. The Labute approximate surface area is 78.6 Å². The van der Waals surface area contributed by atoms with Gasteiger partial charge in [0.25, 0.3) is 0 Å². The van der Waals surface area contributed by atoms with Crippen LogP contribution in [0.15, 0.2) is 6.20 Å². The van der Waals surface area contributed by atoms with E-state index in [1.54, 1.807) is 0 Å². The molecule has 0 saturated heterocycles. The van der Waals surface area contributed by atoms with E-state index in [9.17, 15) is 0 Å². The minimum absolute atomic E-state index is 0.252. The second-order valence-electron chi connectivity index (χ2n) is 3.33. The van der Waals surface area contributed by atoms with Gasteiger partial charge in [-0.25, -0.2) is 4.98 Å². The maximum atomic E-state index is 8.64. The molecule has 0 spiro atoms. The first-order chi connectivity index (χ1) is 6.22. The van der Waals surface area contributed by atoms with Gasteiger partial charge in [0, 0.05) is 25.0 Å². The number of aliphatic hydroxyl groups excluding tert-OH is 1. The average Bonchev–Trinajstić information content (AvgIpc) is 2.48. The lowest BCUT2D eigenvalue weighted by Crippen LogP contribution is -2.20. The van der Waals surface area contributed by atoms with Gasteiger partial charge in [0.05, 0.1) is 6.54 Å². The number of aryl methyl sites for hydroxylation is 1. The van der Waals surface area contributed by atoms with E-state index < -0.39 is 0 Å². The Balaban J connectivity index is 2.31. The fourth-order valence-electron chi connectivity index (χ4n) is 1.22. The second kappa shape index (κ2) is 4.99. The molecule has 0 radical (unpaired) electrons. The van der Waals surface area contributed by atoms with Gasteiger partial charge in [0.2, 0.25) is 0 Å². The first kappa shape index (κ1) is 10.2. The van der Waals surface area contributed by atoms with Gasteiger partial charge in [0.15, 0.2) is 0 Å². The topological polar surface area (TPSA) is 52.1 Å². The third kappa shape index (κ3) is 3.57. The minimum atomic E-state index is 0.252. The summed E-state index contributed by atoms with van der Waals surface area (Å²) in [6, 6.07) is 0. The number of hydrogen-bond donors (Lipinski definition) is 2. The van der Waals surface area contributed by atoms with Crippen molar-refractivity contribution in [3.05, 3.63) is 17.7 Å². The normalized spacial score (nSPS) is 11.1. The van der Waals surface area contributed by atoms with Crippen LogP contribution in [-0.4, -0.2) is 40.2 Å². The van der Waals surface area contributed by atoms with Crippen molar-refractivity contribution < 1.29 is 5.11 Å². The fraction of sp³-hybridized carbons (Fsp3) is 0.667. The molecule has 13 heavy (non-hydrogen) atoms. The maximum absolute atomic E-state index is 8.64. The minimum Gasteiger partial charge on any atom is -0.396 e. The second-order valence-corrected chi connectivity index (χ2v) is 3.33. The van der Waals surface area contributed by atoms with Gasteiger partial charge in [-0.2, -0.15) is 0 Å². The molecule has 0 fully saturated rings. The molecule has 0 aromatic carbocycles. The molecule has 0 amide bonds. The molecule has 4 nitrogen and oxygen atoms in total. The molecule has 1 aromatic heterocycles. The lowest BCUT2D eigenvalue weighted by Gasteiger charge is -2.13. The Hall–Kier alpha value is -0.870. The monoisotopic (exact) mass is 183 g/mol. The van der Waals surface area contributed by atoms with Gasteiger partial charge in [0.1, 0.15) is 5.82 Å². The zero-order valence-electron chi connectivity index (χ0n) is 8.25. The van der Waals surface area contributed by atoms with Crippen LogP contribution in [0.1, 0.15) is 17.9 Å². The summed E-state index contributed by atoms with van der Waals surface area (Å²) in [6.07, 6.45) is 2.64. The first-order valence-corrected chi connectivity index (χ1v) is 4.52. The van der Waals surface area contributed by atoms with Gasteiger partial charge in [-0.1, -0.05) is 0 Å². The molecule has 0 bridgehead atoms. The van der Waals surface area contributed by atoms with Crippen molar-refractivity contribution >= 4 is 0 Å². The number of aromatic nitrogens is 2. The molecule has 74 valence electrons. The standard InChI is InChI=1S/C9H17N3O/c1-8-6-10-9(11-8)7-12(2)4-3-5-13/h6,13H,3-5,7H2,1-2H3,(H,10,11). The highest BCUT2D eigenvalue weighted by atomic mass is 16.3. The van der Waals surface area contributed by atoms with Crippen LogP contribution in [0.3, 0.4) is 0 Å². The van der Waals surface area contributed by atoms with Crippen LogP contribution in [0, 0.1) is 6.92 Å². The van der Waals surface area contributed by atoms with E-state index in [1.807, 2.05) is 20.2 Å². The maximum Gasteiger partial charge on any atom is 0.120 e. The smallest absolute Gasteiger partial charge is 0.120 e. The lowest BCUT2D eigenvalue weighted by atomic mass is 10.4. The van der Waals surface area contributed by atoms with E-state index >= 15 is 0 Å². The fourth-order valence-corrected chi connectivity index (χ4v) is 1.22. The van der Waals surface area contributed by atoms with E-state index in [-0.39, 0.29) is 6.61 Å². The predicted octanol–water partition coefficient (Wildman–Crippen LogP) is 0.532. The summed E-state index contributed by atoms with van der Waals surface area (Å²) in [7, 11) is 2.02. The molecule has 1 rings (SSSR count). The Kier molecular flexibility index (Phi) is 3.92. The van der Waals surface area contributed by atoms with E-state index in [2.05, 4.69) is 14.9 Å². The molecular weight excluding hydrogens is 166 g/mol. The third-order valence-corrected chi connectivity index (χ3v) is 1.87. The van der Waals surface area contributed by atoms with Crippen molar-refractivity contribution in [1.29, 1.82) is 0 Å². The molecule has 1 heterocycles. The molecule has 0 aliphatic rings. The molecule has 2 N–H and O–H groups in total. The largest absolute Gasteiger partial charge is 0.396 e. The molecule has 0 atom stereocenters. The molecule has 1 aromatic rings. The van der Waals surface area contributed by atoms with Gasteiger partial charge >= 0.3 is 0 Å². The number of nitrogens with zero attached hydrogens (tertiary/aromatic N) is 2. The van der Waals surface area contributed by atoms with Gasteiger partial charge in [-0.05, 0) is 20.4 Å². The number of rotatable bonds is 5. The molecule has 0 aliphatic carbocycles. The summed E-state index contributed by atoms with van der Waals surface area (Å²) >= 11 is 0. The zero-order chi connectivity index (χ0) is 9.68. The number of imidazole rings is 1. The van der Waals surface area contributed by atoms with Crippen LogP contribution in [0.4, 0.5) is 0 Å². The van der Waals surface area contributed by atoms with Crippen molar-refractivity contribution in [3.8, 4) is 0 Å². The number of nitrogens with one attached hydrogen (secondary N) is 1. The number of hydrogen-bond acceptors (Lipinski definition) is 3. The lowest BCUT2D eigenvalue weighted by molar-refractivity contribution is 0.242. The number of aliphatic hydroxyl groups is 1. The summed E-state index contributed by atoms with van der Waals surface area (Å²) in [4.78, 5) is 9.51. The molecule has 0 unspecified atom stereocenters. The van der Waals surface area contributed by atoms with Crippen LogP contribution in [-0.2, 0) is 6.54 Å². The summed E-state index contributed by atoms with van der Waals surface area (Å²) in [5.41, 5.74) is 1.09. The van der Waals surface area contributed by atoms with Gasteiger partial charge in [-0.15, -0.1) is 0 Å². The highest BCUT2D eigenvalue weighted by molar-refractivity contribution is 4.97. The van der Waals surface area contributed by atoms with Gasteiger partial charge in [-0.3, -0.25) is 4.90 Å². The summed E-state index contributed by atoms with van der Waals surface area (Å²) in [6.45, 7) is 3.95. The highest BCUT2D eigenvalue weighted by Gasteiger charge is 2.01. The van der Waals surface area contributed by atoms with Crippen molar-refractivity contribution in [2.75, 3.05) is 20.2 Å². The van der Waals surface area contributed by atoms with E-state index in [1.165, 1.54) is 0 Å². The van der Waals surface area contributed by atoms with E-state index in [0.717, 1.165) is 31.0 Å². The van der Waals surface area contributed by atoms with Crippen LogP contribution in [0.5, 0.6) is 0 Å². The molecule has 0 saturated carbocycles. The zero-order valence-corrected chi connectivity index (χ0v) is 8.25. The highest BCUT2D eigenvalue weighted by Crippen LogP contribution is 1.99. The molecule has 0 aliphatic heterocycles. The predicted molar refractivity (Wildman–Crippen MR) is 51.4 cm³/mol. The van der Waals surface area contributed by atoms with Crippen LogP contribution < -0.4 is 0 Å². The van der Waals surface area contributed by atoms with Crippen LogP contribution in [0.2, 0.25) is 0 Å². The van der Waals surface area contributed by atoms with Crippen LogP contribution >= 0.6 is 0 Å². The Morgan fingerprint density at radius 3 is 2.92 bits per heavy atom. The van der Waals surface area contributed by atoms with Crippen molar-refractivity contribution in [3.63, 3.8) is 0 Å². The molecule has 4 heteroatoms. The first-order valence-electron chi connectivity index (χ1n) is 4.52. The van der Waals surface area contributed by atoms with Crippen LogP contribution in [0.25, 0.3) is 0 Å². The molecular formula is C9H17N3O. The number of aromatic amines is 1. The van der Waals surface area contributed by atoms with Crippen molar-refractivity contribution in [1.82, 2.24) is 14.9 Å². The van der Waals surface area contributed by atoms with Gasteiger partial charge < -0.3 is 10.1 Å². The quantitative estimate of drug-likeness (QED) is 0.700. The average molecular weight is 183 g/mol.